The van der Waals surface area contributed by atoms with Crippen LogP contribution >= 0.6 is 0 Å². The Morgan fingerprint density at radius 2 is 1.14 bits per heavy atom. The largest absolute Gasteiger partial charge is 0.646 e. The van der Waals surface area contributed by atoms with Crippen molar-refractivity contribution in [2.24, 2.45) is 0 Å². The van der Waals surface area contributed by atoms with Gasteiger partial charge in [0.05, 0.1) is 6.61 Å². The minimum absolute atomic E-state index is 0.388. The van der Waals surface area contributed by atoms with Crippen molar-refractivity contribution in [3.63, 3.8) is 0 Å². The van der Waals surface area contributed by atoms with E-state index in [4.69, 9.17) is 9.39 Å². The lowest BCUT2D eigenvalue weighted by Gasteiger charge is -2.24. The molecule has 5 heteroatoms. The summed E-state index contributed by atoms with van der Waals surface area (Å²) < 4.78 is 17.2. The molecule has 0 aliphatic rings. The van der Waals surface area contributed by atoms with Gasteiger partial charge in [0.1, 0.15) is 29.5 Å². The quantitative estimate of drug-likeness (QED) is 0.0830. The fraction of sp³-hybridized carbons (Fsp3) is 0.462. The summed E-state index contributed by atoms with van der Waals surface area (Å²) in [6, 6.07) is 19.8. The van der Waals surface area contributed by atoms with Crippen LogP contribution in [0.2, 0.25) is 0 Å². The summed E-state index contributed by atoms with van der Waals surface area (Å²) in [6.45, 7) is 23.8. The summed E-state index contributed by atoms with van der Waals surface area (Å²) in [7, 11) is 1.98. The Labute approximate surface area is 267 Å². The van der Waals surface area contributed by atoms with Crippen molar-refractivity contribution < 1.29 is 14.0 Å². The fourth-order valence-corrected chi connectivity index (χ4v) is 6.10. The van der Waals surface area contributed by atoms with E-state index in [0.717, 1.165) is 24.3 Å². The maximum Gasteiger partial charge on any atom is 0.135 e. The van der Waals surface area contributed by atoms with Crippen molar-refractivity contribution in [3.8, 4) is 17.1 Å². The van der Waals surface area contributed by atoms with Crippen molar-refractivity contribution in [2.75, 3.05) is 13.2 Å². The maximum atomic E-state index is 6.38. The summed E-state index contributed by atoms with van der Waals surface area (Å²) in [5, 5.41) is 0. The number of rotatable bonds is 14. The standard InChI is InChI=1S/C39H53BN2O2/c1-26(2)32-18-14-19-33(27(3)4)36(32)41-22-23-42(37-34(28(5)6)20-15-21-35(37)29(7)8)39(41)40-44-25-12-11-24-43-38-30(9)16-13-17-31(38)10/h13-23,26-29H,11-12,24-25H2,1-10H3. The van der Waals surface area contributed by atoms with Crippen LogP contribution in [0.4, 0.5) is 0 Å². The van der Waals surface area contributed by atoms with Gasteiger partial charge in [0.25, 0.3) is 0 Å². The van der Waals surface area contributed by atoms with Gasteiger partial charge in [-0.1, -0.05) is 110 Å². The highest BCUT2D eigenvalue weighted by atomic mass is 16.5. The first-order valence-corrected chi connectivity index (χ1v) is 16.6. The number of aryl methyl sites for hydroxylation is 2. The topological polar surface area (TPSA) is 27.3 Å². The minimum atomic E-state index is 0.388. The molecule has 0 spiro atoms. The molecular weight excluding hydrogens is 539 g/mol. The highest BCUT2D eigenvalue weighted by Gasteiger charge is 2.25. The van der Waals surface area contributed by atoms with E-state index < -0.39 is 0 Å². The van der Waals surface area contributed by atoms with Crippen LogP contribution in [0.3, 0.4) is 0 Å². The number of aromatic nitrogens is 2. The number of ether oxygens (including phenoxy) is 1. The highest BCUT2D eigenvalue weighted by molar-refractivity contribution is 6.43. The van der Waals surface area contributed by atoms with Crippen molar-refractivity contribution in [3.05, 3.63) is 100 Å². The Bertz CT molecular complexity index is 1380. The number of hydrogen-bond acceptors (Lipinski definition) is 2. The molecular formula is C39H53BN2O2. The minimum Gasteiger partial charge on any atom is -0.646 e. The van der Waals surface area contributed by atoms with E-state index in [1.807, 2.05) is 7.48 Å². The van der Waals surface area contributed by atoms with Gasteiger partial charge in [-0.2, -0.15) is 0 Å². The molecule has 4 rings (SSSR count). The Morgan fingerprint density at radius 3 is 1.66 bits per heavy atom. The average molecular weight is 593 g/mol. The molecule has 0 atom stereocenters. The van der Waals surface area contributed by atoms with Crippen LogP contribution in [-0.2, 0) is 4.65 Å². The van der Waals surface area contributed by atoms with Crippen LogP contribution in [0.5, 0.6) is 5.75 Å². The molecule has 3 aromatic carbocycles. The molecule has 0 unspecified atom stereocenters. The van der Waals surface area contributed by atoms with Gasteiger partial charge in [0.15, 0.2) is 0 Å². The number of nitrogens with zero attached hydrogens (tertiary/aromatic N) is 2. The van der Waals surface area contributed by atoms with Gasteiger partial charge < -0.3 is 9.39 Å². The molecule has 0 amide bonds. The third kappa shape index (κ3) is 7.49. The Hall–Kier alpha value is -3.31. The first-order valence-electron chi connectivity index (χ1n) is 16.6. The molecule has 0 aliphatic carbocycles. The Kier molecular flexibility index (Phi) is 11.5. The van der Waals surface area contributed by atoms with Crippen LogP contribution < -0.4 is 15.0 Å². The van der Waals surface area contributed by atoms with Gasteiger partial charge in [-0.15, -0.1) is 0 Å². The molecule has 234 valence electrons. The van der Waals surface area contributed by atoms with E-state index in [9.17, 15) is 0 Å². The van der Waals surface area contributed by atoms with E-state index in [-0.39, 0.29) is 0 Å². The van der Waals surface area contributed by atoms with Crippen LogP contribution in [-0.4, -0.2) is 25.3 Å². The molecule has 4 aromatic rings. The van der Waals surface area contributed by atoms with E-state index in [1.165, 1.54) is 44.8 Å². The van der Waals surface area contributed by atoms with Gasteiger partial charge in [0, 0.05) is 28.0 Å². The van der Waals surface area contributed by atoms with Crippen LogP contribution in [0.25, 0.3) is 11.4 Å². The Balaban J connectivity index is 1.68. The number of imidazole rings is 1. The summed E-state index contributed by atoms with van der Waals surface area (Å²) in [5.41, 5.74) is 11.3. The van der Waals surface area contributed by atoms with Gasteiger partial charge in [0.2, 0.25) is 0 Å². The van der Waals surface area contributed by atoms with Gasteiger partial charge in [-0.3, -0.25) is 0 Å². The molecule has 0 saturated heterocycles. The Morgan fingerprint density at radius 1 is 0.659 bits per heavy atom. The number of para-hydroxylation sites is 3. The van der Waals surface area contributed by atoms with Gasteiger partial charge in [-0.25, -0.2) is 9.13 Å². The maximum absolute atomic E-state index is 6.38. The first-order chi connectivity index (χ1) is 21.0. The predicted octanol–water partition coefficient (Wildman–Crippen LogP) is 8.98. The van der Waals surface area contributed by atoms with Gasteiger partial charge >= 0.3 is 0 Å². The number of unbranched alkanes of at least 4 members (excludes halogenated alkanes) is 1. The zero-order chi connectivity index (χ0) is 32.0. The van der Waals surface area contributed by atoms with Crippen LogP contribution in [0.15, 0.2) is 67.0 Å². The lowest BCUT2D eigenvalue weighted by Crippen LogP contribution is -2.53. The molecule has 0 aliphatic heterocycles. The summed E-state index contributed by atoms with van der Waals surface area (Å²) >= 11 is 0. The molecule has 0 saturated carbocycles. The van der Waals surface area contributed by atoms with Crippen LogP contribution in [0, 0.1) is 13.8 Å². The lowest BCUT2D eigenvalue weighted by atomic mass is 9.90. The highest BCUT2D eigenvalue weighted by Crippen LogP contribution is 2.32. The third-order valence-corrected chi connectivity index (χ3v) is 8.53. The summed E-state index contributed by atoms with van der Waals surface area (Å²) in [4.78, 5) is 0. The second-order valence-electron chi connectivity index (χ2n) is 13.4. The monoisotopic (exact) mass is 592 g/mol. The van der Waals surface area contributed by atoms with Crippen molar-refractivity contribution >= 4 is 13.2 Å². The molecule has 44 heavy (non-hydrogen) atoms. The zero-order valence-electron chi connectivity index (χ0n) is 28.8. The van der Waals surface area contributed by atoms with E-state index >= 15 is 0 Å². The normalized spacial score (nSPS) is 11.9. The SMILES string of the molecule is Cc1cccc(C)c1OCCCCO[B-]c1n(-c2c(C(C)C)cccc2C(C)C)cc[n+]1-c1c(C(C)C)cccc1C(C)C. The lowest BCUT2D eigenvalue weighted by molar-refractivity contribution is -0.577. The number of benzene rings is 3. The summed E-state index contributed by atoms with van der Waals surface area (Å²) in [5.74, 6) is 2.56. The van der Waals surface area contributed by atoms with Crippen molar-refractivity contribution in [1.82, 2.24) is 4.57 Å². The molecule has 4 nitrogen and oxygen atoms in total. The van der Waals surface area contributed by atoms with Crippen LogP contribution in [0.1, 0.15) is 125 Å². The number of hydrogen-bond donors (Lipinski definition) is 0. The average Bonchev–Trinajstić information content (AvgIpc) is 3.39. The molecule has 0 fully saturated rings. The summed E-state index contributed by atoms with van der Waals surface area (Å²) in [6.07, 6.45) is 6.30. The van der Waals surface area contributed by atoms with E-state index in [0.29, 0.717) is 36.9 Å². The molecule has 1 aromatic heterocycles. The van der Waals surface area contributed by atoms with Gasteiger partial charge in [-0.05, 0) is 75.6 Å². The molecule has 0 N–H and O–H groups in total. The van der Waals surface area contributed by atoms with E-state index in [1.54, 1.807) is 0 Å². The predicted molar refractivity (Wildman–Crippen MR) is 186 cm³/mol. The second kappa shape index (κ2) is 15.1. The zero-order valence-corrected chi connectivity index (χ0v) is 28.8. The van der Waals surface area contributed by atoms with E-state index in [2.05, 4.69) is 145 Å². The second-order valence-corrected chi connectivity index (χ2v) is 13.4. The van der Waals surface area contributed by atoms with Crippen molar-refractivity contribution in [1.29, 1.82) is 0 Å². The third-order valence-electron chi connectivity index (χ3n) is 8.53. The fourth-order valence-electron chi connectivity index (χ4n) is 6.10. The molecule has 1 heterocycles. The van der Waals surface area contributed by atoms with Crippen molar-refractivity contribution in [2.45, 2.75) is 106 Å². The molecule has 0 bridgehead atoms. The smallest absolute Gasteiger partial charge is 0.135 e. The first kappa shape index (κ1) is 33.6. The molecule has 2 radical (unpaired) electrons.